The molecule has 80 valence electrons. The lowest BCUT2D eigenvalue weighted by atomic mass is 10.1. The van der Waals surface area contributed by atoms with E-state index in [4.69, 9.17) is 5.73 Å². The lowest BCUT2D eigenvalue weighted by Crippen LogP contribution is -1.84. The van der Waals surface area contributed by atoms with Crippen LogP contribution in [-0.2, 0) is 6.42 Å². The highest BCUT2D eigenvalue weighted by molar-refractivity contribution is 7.22. The van der Waals surface area contributed by atoms with Crippen LogP contribution >= 0.6 is 11.3 Å². The predicted octanol–water partition coefficient (Wildman–Crippen LogP) is 3.61. The zero-order valence-corrected chi connectivity index (χ0v) is 9.81. The summed E-state index contributed by atoms with van der Waals surface area (Å²) in [6, 6.07) is 6.46. The van der Waals surface area contributed by atoms with Crippen LogP contribution in [0.2, 0.25) is 0 Å². The average Bonchev–Trinajstić information content (AvgIpc) is 2.57. The number of aryl methyl sites for hydroxylation is 1. The van der Waals surface area contributed by atoms with Crippen LogP contribution in [0.4, 0.5) is 5.13 Å². The summed E-state index contributed by atoms with van der Waals surface area (Å²) < 4.78 is 1.21. The van der Waals surface area contributed by atoms with E-state index in [1.807, 2.05) is 0 Å². The zero-order valence-electron chi connectivity index (χ0n) is 8.99. The fourth-order valence-electron chi connectivity index (χ4n) is 1.72. The SMILES string of the molecule is CCCCCc1ccc2nc(N)sc2c1. The summed E-state index contributed by atoms with van der Waals surface area (Å²) in [7, 11) is 0. The largest absolute Gasteiger partial charge is 0.375 e. The van der Waals surface area contributed by atoms with Crippen molar-refractivity contribution in [1.29, 1.82) is 0 Å². The van der Waals surface area contributed by atoms with Gasteiger partial charge in [0.2, 0.25) is 0 Å². The number of rotatable bonds is 4. The highest BCUT2D eigenvalue weighted by atomic mass is 32.1. The number of hydrogen-bond acceptors (Lipinski definition) is 3. The van der Waals surface area contributed by atoms with Gasteiger partial charge in [-0.2, -0.15) is 0 Å². The Morgan fingerprint density at radius 3 is 3.00 bits per heavy atom. The Hall–Kier alpha value is -1.09. The number of fused-ring (bicyclic) bond motifs is 1. The second kappa shape index (κ2) is 4.62. The molecule has 3 heteroatoms. The summed E-state index contributed by atoms with van der Waals surface area (Å²) in [6.07, 6.45) is 5.02. The third-order valence-electron chi connectivity index (χ3n) is 2.54. The summed E-state index contributed by atoms with van der Waals surface area (Å²) >= 11 is 1.57. The van der Waals surface area contributed by atoms with Crippen LogP contribution in [0.25, 0.3) is 10.2 Å². The molecule has 0 saturated carbocycles. The maximum atomic E-state index is 5.67. The highest BCUT2D eigenvalue weighted by Crippen LogP contribution is 2.25. The molecular formula is C12H16N2S. The molecule has 0 radical (unpaired) electrons. The van der Waals surface area contributed by atoms with Gasteiger partial charge in [-0.3, -0.25) is 0 Å². The maximum absolute atomic E-state index is 5.67. The molecular weight excluding hydrogens is 204 g/mol. The fraction of sp³-hybridized carbons (Fsp3) is 0.417. The first-order valence-corrected chi connectivity index (χ1v) is 6.26. The third kappa shape index (κ3) is 2.48. The highest BCUT2D eigenvalue weighted by Gasteiger charge is 2.01. The maximum Gasteiger partial charge on any atom is 0.181 e. The van der Waals surface area contributed by atoms with Gasteiger partial charge in [0.15, 0.2) is 5.13 Å². The van der Waals surface area contributed by atoms with Crippen LogP contribution in [0.5, 0.6) is 0 Å². The molecule has 15 heavy (non-hydrogen) atoms. The van der Waals surface area contributed by atoms with E-state index in [9.17, 15) is 0 Å². The van der Waals surface area contributed by atoms with Crippen LogP contribution in [0, 0.1) is 0 Å². The first-order valence-electron chi connectivity index (χ1n) is 5.44. The van der Waals surface area contributed by atoms with Gasteiger partial charge >= 0.3 is 0 Å². The van der Waals surface area contributed by atoms with Gasteiger partial charge in [0.1, 0.15) is 0 Å². The second-order valence-corrected chi connectivity index (χ2v) is 4.87. The Morgan fingerprint density at radius 2 is 2.20 bits per heavy atom. The third-order valence-corrected chi connectivity index (χ3v) is 3.39. The number of nitrogens with zero attached hydrogens (tertiary/aromatic N) is 1. The first kappa shape index (κ1) is 10.4. The van der Waals surface area contributed by atoms with Crippen molar-refractivity contribution in [3.8, 4) is 0 Å². The molecule has 0 saturated heterocycles. The lowest BCUT2D eigenvalue weighted by Gasteiger charge is -1.99. The molecule has 1 aromatic heterocycles. The topological polar surface area (TPSA) is 38.9 Å². The van der Waals surface area contributed by atoms with Gasteiger partial charge in [0.05, 0.1) is 10.2 Å². The van der Waals surface area contributed by atoms with Crippen molar-refractivity contribution in [3.63, 3.8) is 0 Å². The van der Waals surface area contributed by atoms with Gasteiger partial charge in [0.25, 0.3) is 0 Å². The number of anilines is 1. The molecule has 0 amide bonds. The molecule has 0 atom stereocenters. The van der Waals surface area contributed by atoms with E-state index in [0.717, 1.165) is 5.52 Å². The number of hydrogen-bond donors (Lipinski definition) is 1. The number of nitrogen functional groups attached to an aromatic ring is 1. The van der Waals surface area contributed by atoms with Crippen molar-refractivity contribution < 1.29 is 0 Å². The minimum Gasteiger partial charge on any atom is -0.375 e. The Morgan fingerprint density at radius 1 is 1.33 bits per heavy atom. The Labute approximate surface area is 94.1 Å². The molecule has 1 heterocycles. The lowest BCUT2D eigenvalue weighted by molar-refractivity contribution is 0.718. The standard InChI is InChI=1S/C12H16N2S/c1-2-3-4-5-9-6-7-10-11(8-9)15-12(13)14-10/h6-8H,2-5H2,1H3,(H2,13,14). The average molecular weight is 220 g/mol. The smallest absolute Gasteiger partial charge is 0.181 e. The molecule has 2 nitrogen and oxygen atoms in total. The van der Waals surface area contributed by atoms with Gasteiger partial charge in [-0.05, 0) is 30.5 Å². The summed E-state index contributed by atoms with van der Waals surface area (Å²) in [5.41, 5.74) is 8.10. The molecule has 2 aromatic rings. The number of nitrogens with two attached hydrogens (primary N) is 1. The quantitative estimate of drug-likeness (QED) is 0.799. The van der Waals surface area contributed by atoms with Gasteiger partial charge in [-0.25, -0.2) is 4.98 Å². The summed E-state index contributed by atoms with van der Waals surface area (Å²) in [4.78, 5) is 4.25. The van der Waals surface area contributed by atoms with Crippen LogP contribution in [0.3, 0.4) is 0 Å². The first-order chi connectivity index (χ1) is 7.29. The molecule has 0 spiro atoms. The normalized spacial score (nSPS) is 11.0. The van der Waals surface area contributed by atoms with Gasteiger partial charge in [-0.15, -0.1) is 0 Å². The van der Waals surface area contributed by atoms with Crippen LogP contribution < -0.4 is 5.73 Å². The summed E-state index contributed by atoms with van der Waals surface area (Å²) in [5.74, 6) is 0. The van der Waals surface area contributed by atoms with Crippen molar-refractivity contribution >= 4 is 26.7 Å². The second-order valence-electron chi connectivity index (χ2n) is 3.81. The van der Waals surface area contributed by atoms with E-state index in [0.29, 0.717) is 5.13 Å². The molecule has 0 unspecified atom stereocenters. The zero-order chi connectivity index (χ0) is 10.7. The van der Waals surface area contributed by atoms with E-state index < -0.39 is 0 Å². The van der Waals surface area contributed by atoms with E-state index in [-0.39, 0.29) is 0 Å². The minimum atomic E-state index is 0.663. The van der Waals surface area contributed by atoms with Gasteiger partial charge in [-0.1, -0.05) is 37.2 Å². The van der Waals surface area contributed by atoms with Crippen molar-refractivity contribution in [2.24, 2.45) is 0 Å². The predicted molar refractivity (Wildman–Crippen MR) is 67.3 cm³/mol. The number of aromatic nitrogens is 1. The molecule has 0 bridgehead atoms. The minimum absolute atomic E-state index is 0.663. The monoisotopic (exact) mass is 220 g/mol. The van der Waals surface area contributed by atoms with Crippen LogP contribution in [0.15, 0.2) is 18.2 Å². The molecule has 2 N–H and O–H groups in total. The Balaban J connectivity index is 2.15. The molecule has 0 aliphatic rings. The number of unbranched alkanes of at least 4 members (excludes halogenated alkanes) is 2. The van der Waals surface area contributed by atoms with E-state index >= 15 is 0 Å². The van der Waals surface area contributed by atoms with Crippen molar-refractivity contribution in [1.82, 2.24) is 4.98 Å². The Bertz CT molecular complexity index is 448. The van der Waals surface area contributed by atoms with E-state index in [2.05, 4.69) is 30.1 Å². The molecule has 0 aliphatic carbocycles. The molecule has 2 rings (SSSR count). The van der Waals surface area contributed by atoms with E-state index in [1.54, 1.807) is 11.3 Å². The fourth-order valence-corrected chi connectivity index (χ4v) is 2.52. The summed E-state index contributed by atoms with van der Waals surface area (Å²) in [5, 5.41) is 0.663. The van der Waals surface area contributed by atoms with Gasteiger partial charge in [0, 0.05) is 0 Å². The Kier molecular flexibility index (Phi) is 3.21. The van der Waals surface area contributed by atoms with Crippen LogP contribution in [0.1, 0.15) is 31.7 Å². The van der Waals surface area contributed by atoms with Crippen molar-refractivity contribution in [2.45, 2.75) is 32.6 Å². The number of benzene rings is 1. The van der Waals surface area contributed by atoms with Crippen molar-refractivity contribution in [3.05, 3.63) is 23.8 Å². The van der Waals surface area contributed by atoms with Gasteiger partial charge < -0.3 is 5.73 Å². The molecule has 0 aliphatic heterocycles. The van der Waals surface area contributed by atoms with Crippen molar-refractivity contribution in [2.75, 3.05) is 5.73 Å². The number of thiazole rings is 1. The van der Waals surface area contributed by atoms with Crippen LogP contribution in [-0.4, -0.2) is 4.98 Å². The summed E-state index contributed by atoms with van der Waals surface area (Å²) in [6.45, 7) is 2.23. The van der Waals surface area contributed by atoms with E-state index in [1.165, 1.54) is 35.9 Å². The molecule has 0 fully saturated rings. The molecule has 1 aromatic carbocycles.